The lowest BCUT2D eigenvalue weighted by Gasteiger charge is -2.43. The van der Waals surface area contributed by atoms with E-state index in [-0.39, 0.29) is 12.7 Å². The van der Waals surface area contributed by atoms with Crippen molar-refractivity contribution in [2.24, 2.45) is 0 Å². The highest BCUT2D eigenvalue weighted by molar-refractivity contribution is 5.37. The second-order valence-corrected chi connectivity index (χ2v) is 5.34. The maximum absolute atomic E-state index is 10.7. The molecular formula is C15H23NO4. The van der Waals surface area contributed by atoms with Crippen molar-refractivity contribution in [1.82, 2.24) is 4.98 Å². The van der Waals surface area contributed by atoms with E-state index in [4.69, 9.17) is 9.47 Å². The molecule has 2 N–H and O–H groups in total. The molecule has 0 atom stereocenters. The molecule has 1 aliphatic rings. The zero-order chi connectivity index (χ0) is 14.6. The number of rotatable bonds is 7. The molecule has 1 fully saturated rings. The molecule has 5 nitrogen and oxygen atoms in total. The van der Waals surface area contributed by atoms with Crippen molar-refractivity contribution in [3.63, 3.8) is 0 Å². The molecule has 0 radical (unpaired) electrons. The fraction of sp³-hybridized carbons (Fsp3) is 0.667. The monoisotopic (exact) mass is 281 g/mol. The fourth-order valence-electron chi connectivity index (χ4n) is 2.50. The number of nitrogens with zero attached hydrogens (tertiary/aromatic N) is 1. The smallest absolute Gasteiger partial charge is 0.219 e. The molecule has 1 heterocycles. The summed E-state index contributed by atoms with van der Waals surface area (Å²) in [4.78, 5) is 4.13. The summed E-state index contributed by atoms with van der Waals surface area (Å²) in [6.07, 6.45) is 4.88. The number of hydrogen-bond donors (Lipinski definition) is 2. The van der Waals surface area contributed by atoms with Gasteiger partial charge in [-0.15, -0.1) is 0 Å². The summed E-state index contributed by atoms with van der Waals surface area (Å²) in [7, 11) is 1.53. The Morgan fingerprint density at radius 2 is 2.20 bits per heavy atom. The lowest BCUT2D eigenvalue weighted by Crippen LogP contribution is -2.46. The van der Waals surface area contributed by atoms with E-state index in [1.807, 2.05) is 0 Å². The summed E-state index contributed by atoms with van der Waals surface area (Å²) < 4.78 is 10.9. The van der Waals surface area contributed by atoms with Crippen LogP contribution >= 0.6 is 0 Å². The number of aliphatic hydroxyl groups is 2. The summed E-state index contributed by atoms with van der Waals surface area (Å²) in [5, 5.41) is 19.8. The number of unbranched alkanes of at least 4 members (excludes halogenated alkanes) is 1. The van der Waals surface area contributed by atoms with Gasteiger partial charge in [-0.1, -0.05) is 13.3 Å². The van der Waals surface area contributed by atoms with Gasteiger partial charge in [0, 0.05) is 31.2 Å². The quantitative estimate of drug-likeness (QED) is 0.745. The third-order valence-electron chi connectivity index (χ3n) is 3.77. The van der Waals surface area contributed by atoms with E-state index in [9.17, 15) is 10.2 Å². The van der Waals surface area contributed by atoms with Gasteiger partial charge in [-0.05, 0) is 18.1 Å². The van der Waals surface area contributed by atoms with Gasteiger partial charge in [0.1, 0.15) is 0 Å². The number of ether oxygens (including phenoxy) is 2. The Labute approximate surface area is 119 Å². The van der Waals surface area contributed by atoms with Crippen LogP contribution < -0.4 is 4.74 Å². The van der Waals surface area contributed by atoms with E-state index in [1.54, 1.807) is 12.3 Å². The molecule has 20 heavy (non-hydrogen) atoms. The molecule has 0 bridgehead atoms. The van der Waals surface area contributed by atoms with Crippen molar-refractivity contribution in [3.8, 4) is 5.88 Å². The zero-order valence-electron chi connectivity index (χ0n) is 12.1. The van der Waals surface area contributed by atoms with E-state index < -0.39 is 5.60 Å². The number of hydrogen-bond acceptors (Lipinski definition) is 5. The highest BCUT2D eigenvalue weighted by Gasteiger charge is 2.46. The van der Waals surface area contributed by atoms with Crippen LogP contribution in [0.1, 0.15) is 43.7 Å². The normalized spacial score (nSPS) is 25.3. The molecular weight excluding hydrogens is 258 g/mol. The van der Waals surface area contributed by atoms with Crippen molar-refractivity contribution >= 4 is 0 Å². The van der Waals surface area contributed by atoms with Crippen molar-refractivity contribution in [2.45, 2.75) is 50.9 Å². The van der Waals surface area contributed by atoms with Crippen LogP contribution in [0.3, 0.4) is 0 Å². The van der Waals surface area contributed by atoms with Crippen LogP contribution in [0.5, 0.6) is 5.88 Å². The molecule has 5 heteroatoms. The number of aliphatic hydroxyl groups excluding tert-OH is 1. The minimum atomic E-state index is -0.958. The summed E-state index contributed by atoms with van der Waals surface area (Å²) in [5.74, 6) is 0.414. The van der Waals surface area contributed by atoms with Gasteiger partial charge in [0.15, 0.2) is 0 Å². The lowest BCUT2D eigenvalue weighted by molar-refractivity contribution is -0.146. The molecule has 0 aliphatic heterocycles. The summed E-state index contributed by atoms with van der Waals surface area (Å²) in [6.45, 7) is 2.76. The van der Waals surface area contributed by atoms with Crippen LogP contribution in [0.2, 0.25) is 0 Å². The van der Waals surface area contributed by atoms with E-state index in [2.05, 4.69) is 11.9 Å². The van der Waals surface area contributed by atoms with E-state index in [0.717, 1.165) is 19.4 Å². The van der Waals surface area contributed by atoms with Gasteiger partial charge in [0.05, 0.1) is 25.4 Å². The fourth-order valence-corrected chi connectivity index (χ4v) is 2.50. The molecule has 1 aromatic rings. The van der Waals surface area contributed by atoms with Gasteiger partial charge in [-0.25, -0.2) is 4.98 Å². The van der Waals surface area contributed by atoms with Crippen molar-refractivity contribution in [3.05, 3.63) is 23.4 Å². The van der Waals surface area contributed by atoms with E-state index in [0.29, 0.717) is 29.8 Å². The number of aromatic nitrogens is 1. The average Bonchev–Trinajstić information content (AvgIpc) is 2.44. The Bertz CT molecular complexity index is 443. The minimum Gasteiger partial charge on any atom is -0.481 e. The first-order valence-electron chi connectivity index (χ1n) is 7.11. The maximum atomic E-state index is 10.7. The maximum Gasteiger partial charge on any atom is 0.219 e. The largest absolute Gasteiger partial charge is 0.481 e. The highest BCUT2D eigenvalue weighted by Crippen LogP contribution is 2.46. The Hall–Kier alpha value is -1.17. The Morgan fingerprint density at radius 1 is 1.45 bits per heavy atom. The first kappa shape index (κ1) is 15.2. The predicted octanol–water partition coefficient (Wildman–Crippen LogP) is 1.75. The van der Waals surface area contributed by atoms with Gasteiger partial charge in [-0.2, -0.15) is 0 Å². The Morgan fingerprint density at radius 3 is 2.80 bits per heavy atom. The van der Waals surface area contributed by atoms with Crippen molar-refractivity contribution < 1.29 is 19.7 Å². The minimum absolute atomic E-state index is 0.0917. The van der Waals surface area contributed by atoms with Crippen LogP contribution in [-0.2, 0) is 16.9 Å². The second kappa shape index (κ2) is 6.52. The average molecular weight is 281 g/mol. The molecule has 1 aromatic heterocycles. The molecule has 1 aliphatic carbocycles. The molecule has 1 saturated carbocycles. The van der Waals surface area contributed by atoms with Crippen LogP contribution in [0, 0.1) is 0 Å². The first-order valence-corrected chi connectivity index (χ1v) is 7.11. The third kappa shape index (κ3) is 3.11. The summed E-state index contributed by atoms with van der Waals surface area (Å²) in [6, 6.07) is 1.76. The van der Waals surface area contributed by atoms with Crippen molar-refractivity contribution in [2.75, 3.05) is 13.7 Å². The van der Waals surface area contributed by atoms with Gasteiger partial charge >= 0.3 is 0 Å². The van der Waals surface area contributed by atoms with Gasteiger partial charge in [-0.3, -0.25) is 0 Å². The summed E-state index contributed by atoms with van der Waals surface area (Å²) in [5.41, 5.74) is 0.354. The third-order valence-corrected chi connectivity index (χ3v) is 3.77. The van der Waals surface area contributed by atoms with Gasteiger partial charge in [0.25, 0.3) is 0 Å². The molecule has 2 rings (SSSR count). The topological polar surface area (TPSA) is 71.8 Å². The number of pyridine rings is 1. The zero-order valence-corrected chi connectivity index (χ0v) is 12.1. The molecule has 112 valence electrons. The van der Waals surface area contributed by atoms with Gasteiger partial charge < -0.3 is 19.7 Å². The number of methoxy groups -OCH3 is 1. The summed E-state index contributed by atoms with van der Waals surface area (Å²) >= 11 is 0. The van der Waals surface area contributed by atoms with Crippen molar-refractivity contribution in [1.29, 1.82) is 0 Å². The standard InChI is InChI=1S/C15H23NO4/c1-3-4-5-20-12-7-15(18,8-12)13-6-11(10-17)9-16-14(13)19-2/h6,9,12,17-18H,3-5,7-8,10H2,1-2H3. The molecule has 0 unspecified atom stereocenters. The highest BCUT2D eigenvalue weighted by atomic mass is 16.5. The van der Waals surface area contributed by atoms with Gasteiger partial charge in [0.2, 0.25) is 5.88 Å². The second-order valence-electron chi connectivity index (χ2n) is 5.34. The first-order chi connectivity index (χ1) is 9.62. The SMILES string of the molecule is CCCCOC1CC(O)(c2cc(CO)cnc2OC)C1. The van der Waals surface area contributed by atoms with E-state index >= 15 is 0 Å². The Kier molecular flexibility index (Phi) is 4.96. The Balaban J connectivity index is 2.04. The molecule has 0 saturated heterocycles. The van der Waals surface area contributed by atoms with Crippen LogP contribution in [-0.4, -0.2) is 35.0 Å². The van der Waals surface area contributed by atoms with E-state index in [1.165, 1.54) is 7.11 Å². The molecule has 0 amide bonds. The lowest BCUT2D eigenvalue weighted by atomic mass is 9.72. The van der Waals surface area contributed by atoms with Crippen LogP contribution in [0.4, 0.5) is 0 Å². The van der Waals surface area contributed by atoms with Crippen LogP contribution in [0.15, 0.2) is 12.3 Å². The van der Waals surface area contributed by atoms with Crippen LogP contribution in [0.25, 0.3) is 0 Å². The molecule has 0 aromatic carbocycles. The predicted molar refractivity (Wildman–Crippen MR) is 74.5 cm³/mol. The molecule has 0 spiro atoms.